The van der Waals surface area contributed by atoms with Crippen LogP contribution in [0.25, 0.3) is 5.69 Å². The highest BCUT2D eigenvalue weighted by Gasteiger charge is 2.20. The average molecular weight is 250 g/mol. The standard InChI is InChI=1S/C12H12ClN3O/c13-10-2-1-3-11(15-9-6-17-7-9)12(10)16-5-4-14-8-16/h1-5,8-9,15H,6-7H2. The summed E-state index contributed by atoms with van der Waals surface area (Å²) in [6, 6.07) is 6.19. The van der Waals surface area contributed by atoms with Gasteiger partial charge in [0.15, 0.2) is 0 Å². The fourth-order valence-corrected chi connectivity index (χ4v) is 2.10. The molecule has 5 heteroatoms. The fraction of sp³-hybridized carbons (Fsp3) is 0.250. The van der Waals surface area contributed by atoms with Crippen LogP contribution in [0, 0.1) is 0 Å². The number of rotatable bonds is 3. The molecule has 0 spiro atoms. The van der Waals surface area contributed by atoms with Crippen LogP contribution in [0.5, 0.6) is 0 Å². The van der Waals surface area contributed by atoms with E-state index < -0.39 is 0 Å². The van der Waals surface area contributed by atoms with Crippen molar-refractivity contribution in [1.82, 2.24) is 9.55 Å². The quantitative estimate of drug-likeness (QED) is 0.908. The maximum atomic E-state index is 6.25. The number of anilines is 1. The molecule has 0 saturated carbocycles. The number of nitrogens with one attached hydrogen (secondary N) is 1. The van der Waals surface area contributed by atoms with Crippen LogP contribution in [0.2, 0.25) is 5.02 Å². The largest absolute Gasteiger partial charge is 0.377 e. The van der Waals surface area contributed by atoms with E-state index in [1.807, 2.05) is 29.0 Å². The topological polar surface area (TPSA) is 39.1 Å². The van der Waals surface area contributed by atoms with Crippen molar-refractivity contribution in [3.63, 3.8) is 0 Å². The van der Waals surface area contributed by atoms with Crippen LogP contribution >= 0.6 is 11.6 Å². The predicted octanol–water partition coefficient (Wildman–Crippen LogP) is 2.34. The maximum Gasteiger partial charge on any atom is 0.0992 e. The molecule has 2 aromatic rings. The number of halogens is 1. The molecule has 1 aliphatic rings. The highest BCUT2D eigenvalue weighted by atomic mass is 35.5. The third kappa shape index (κ3) is 2.01. The Kier molecular flexibility index (Phi) is 2.74. The van der Waals surface area contributed by atoms with E-state index >= 15 is 0 Å². The van der Waals surface area contributed by atoms with E-state index in [2.05, 4.69) is 10.3 Å². The number of nitrogens with zero attached hydrogens (tertiary/aromatic N) is 2. The van der Waals surface area contributed by atoms with Crippen LogP contribution in [0.15, 0.2) is 36.9 Å². The fourth-order valence-electron chi connectivity index (χ4n) is 1.82. The van der Waals surface area contributed by atoms with Crippen LogP contribution in [-0.2, 0) is 4.74 Å². The van der Waals surface area contributed by atoms with Crippen LogP contribution in [-0.4, -0.2) is 28.8 Å². The highest BCUT2D eigenvalue weighted by Crippen LogP contribution is 2.29. The molecule has 1 aromatic heterocycles. The number of aromatic nitrogens is 2. The van der Waals surface area contributed by atoms with E-state index in [9.17, 15) is 0 Å². The lowest BCUT2D eigenvalue weighted by molar-refractivity contribution is 0.0211. The molecule has 0 unspecified atom stereocenters. The van der Waals surface area contributed by atoms with Gasteiger partial charge in [0.1, 0.15) is 0 Å². The van der Waals surface area contributed by atoms with Gasteiger partial charge in [0.05, 0.1) is 42.0 Å². The van der Waals surface area contributed by atoms with Crippen LogP contribution in [0.4, 0.5) is 5.69 Å². The number of hydrogen-bond acceptors (Lipinski definition) is 3. The Labute approximate surface area is 104 Å². The summed E-state index contributed by atoms with van der Waals surface area (Å²) in [5.41, 5.74) is 1.93. The Bertz CT molecular complexity index is 508. The molecule has 1 N–H and O–H groups in total. The molecule has 0 radical (unpaired) electrons. The molecule has 1 saturated heterocycles. The molecule has 88 valence electrons. The summed E-state index contributed by atoms with van der Waals surface area (Å²) >= 11 is 6.25. The lowest BCUT2D eigenvalue weighted by Gasteiger charge is -2.29. The van der Waals surface area contributed by atoms with Crippen molar-refractivity contribution < 1.29 is 4.74 Å². The number of imidazole rings is 1. The second-order valence-corrected chi connectivity index (χ2v) is 4.39. The third-order valence-electron chi connectivity index (χ3n) is 2.75. The van der Waals surface area contributed by atoms with Crippen molar-refractivity contribution in [3.8, 4) is 5.69 Å². The molecule has 0 atom stereocenters. The second kappa shape index (κ2) is 4.39. The minimum Gasteiger partial charge on any atom is -0.377 e. The zero-order valence-electron chi connectivity index (χ0n) is 9.14. The SMILES string of the molecule is Clc1cccc(NC2COC2)c1-n1ccnc1. The first-order valence-corrected chi connectivity index (χ1v) is 5.83. The molecular weight excluding hydrogens is 238 g/mol. The van der Waals surface area contributed by atoms with Gasteiger partial charge in [-0.1, -0.05) is 17.7 Å². The predicted molar refractivity (Wildman–Crippen MR) is 66.8 cm³/mol. The molecule has 3 rings (SSSR count). The van der Waals surface area contributed by atoms with Crippen molar-refractivity contribution in [2.24, 2.45) is 0 Å². The van der Waals surface area contributed by atoms with Gasteiger partial charge in [-0.3, -0.25) is 0 Å². The summed E-state index contributed by atoms with van der Waals surface area (Å²) in [7, 11) is 0. The second-order valence-electron chi connectivity index (χ2n) is 3.98. The summed E-state index contributed by atoms with van der Waals surface area (Å²) in [5, 5.41) is 4.12. The van der Waals surface area contributed by atoms with Crippen molar-refractivity contribution in [1.29, 1.82) is 0 Å². The van der Waals surface area contributed by atoms with Crippen molar-refractivity contribution in [2.75, 3.05) is 18.5 Å². The zero-order valence-corrected chi connectivity index (χ0v) is 9.89. The number of hydrogen-bond donors (Lipinski definition) is 1. The summed E-state index contributed by atoms with van der Waals surface area (Å²) in [4.78, 5) is 4.05. The Balaban J connectivity index is 1.99. The zero-order chi connectivity index (χ0) is 11.7. The van der Waals surface area contributed by atoms with E-state index in [1.165, 1.54) is 0 Å². The molecule has 0 amide bonds. The first-order chi connectivity index (χ1) is 8.34. The van der Waals surface area contributed by atoms with E-state index in [4.69, 9.17) is 16.3 Å². The van der Waals surface area contributed by atoms with Gasteiger partial charge in [0.2, 0.25) is 0 Å². The highest BCUT2D eigenvalue weighted by molar-refractivity contribution is 6.33. The smallest absolute Gasteiger partial charge is 0.0992 e. The van der Waals surface area contributed by atoms with Crippen molar-refractivity contribution >= 4 is 17.3 Å². The molecular formula is C12H12ClN3O. The first kappa shape index (κ1) is 10.6. The van der Waals surface area contributed by atoms with Crippen molar-refractivity contribution in [2.45, 2.75) is 6.04 Å². The minimum absolute atomic E-state index is 0.371. The summed E-state index contributed by atoms with van der Waals surface area (Å²) < 4.78 is 7.06. The Morgan fingerprint density at radius 2 is 2.29 bits per heavy atom. The Morgan fingerprint density at radius 3 is 2.94 bits per heavy atom. The summed E-state index contributed by atoms with van der Waals surface area (Å²) in [6.45, 7) is 1.49. The van der Waals surface area contributed by atoms with Crippen molar-refractivity contribution in [3.05, 3.63) is 41.9 Å². The number of ether oxygens (including phenoxy) is 1. The monoisotopic (exact) mass is 249 g/mol. The number of benzene rings is 1. The summed E-state index contributed by atoms with van der Waals surface area (Å²) in [6.07, 6.45) is 5.35. The normalized spacial score (nSPS) is 15.6. The number of para-hydroxylation sites is 1. The summed E-state index contributed by atoms with van der Waals surface area (Å²) in [5.74, 6) is 0. The van der Waals surface area contributed by atoms with E-state index in [0.717, 1.165) is 24.6 Å². The van der Waals surface area contributed by atoms with Gasteiger partial charge in [-0.25, -0.2) is 4.98 Å². The Hall–Kier alpha value is -1.52. The Morgan fingerprint density at radius 1 is 1.41 bits per heavy atom. The van der Waals surface area contributed by atoms with Crippen LogP contribution in [0.3, 0.4) is 0 Å². The molecule has 1 fully saturated rings. The van der Waals surface area contributed by atoms with Gasteiger partial charge in [-0.2, -0.15) is 0 Å². The van der Waals surface area contributed by atoms with E-state index in [0.29, 0.717) is 11.1 Å². The van der Waals surface area contributed by atoms with Crippen LogP contribution in [0.1, 0.15) is 0 Å². The lowest BCUT2D eigenvalue weighted by atomic mass is 10.2. The van der Waals surface area contributed by atoms with E-state index in [1.54, 1.807) is 12.5 Å². The lowest BCUT2D eigenvalue weighted by Crippen LogP contribution is -2.40. The molecule has 0 aliphatic carbocycles. The molecule has 2 heterocycles. The third-order valence-corrected chi connectivity index (χ3v) is 3.05. The van der Waals surface area contributed by atoms with Gasteiger partial charge < -0.3 is 14.6 Å². The molecule has 1 aliphatic heterocycles. The molecule has 17 heavy (non-hydrogen) atoms. The molecule has 4 nitrogen and oxygen atoms in total. The van der Waals surface area contributed by atoms with E-state index in [-0.39, 0.29) is 0 Å². The van der Waals surface area contributed by atoms with Gasteiger partial charge in [-0.15, -0.1) is 0 Å². The van der Waals surface area contributed by atoms with Gasteiger partial charge in [-0.05, 0) is 12.1 Å². The molecule has 1 aromatic carbocycles. The van der Waals surface area contributed by atoms with Gasteiger partial charge in [0, 0.05) is 12.4 Å². The maximum absolute atomic E-state index is 6.25. The van der Waals surface area contributed by atoms with Gasteiger partial charge >= 0.3 is 0 Å². The van der Waals surface area contributed by atoms with Gasteiger partial charge in [0.25, 0.3) is 0 Å². The molecule has 0 bridgehead atoms. The first-order valence-electron chi connectivity index (χ1n) is 5.46. The van der Waals surface area contributed by atoms with Crippen LogP contribution < -0.4 is 5.32 Å². The average Bonchev–Trinajstić information content (AvgIpc) is 2.76. The minimum atomic E-state index is 0.371.